The third kappa shape index (κ3) is 3.39. The van der Waals surface area contributed by atoms with Gasteiger partial charge in [-0.05, 0) is 30.7 Å². The van der Waals surface area contributed by atoms with Crippen LogP contribution in [0.25, 0.3) is 0 Å². The molecule has 1 fully saturated rings. The first-order chi connectivity index (χ1) is 11.0. The Bertz CT molecular complexity index is 790. The van der Waals surface area contributed by atoms with E-state index in [1.165, 1.54) is 4.31 Å². The second-order valence-corrected chi connectivity index (χ2v) is 8.16. The van der Waals surface area contributed by atoms with E-state index in [0.29, 0.717) is 31.1 Å². The van der Waals surface area contributed by atoms with E-state index in [0.717, 1.165) is 15.9 Å². The summed E-state index contributed by atoms with van der Waals surface area (Å²) < 4.78 is 28.0. The zero-order valence-corrected chi connectivity index (χ0v) is 15.1. The van der Waals surface area contributed by atoms with Crippen LogP contribution >= 0.6 is 15.9 Å². The van der Waals surface area contributed by atoms with Gasteiger partial charge >= 0.3 is 0 Å². The van der Waals surface area contributed by atoms with Crippen molar-refractivity contribution in [1.82, 2.24) is 14.3 Å². The Labute approximate surface area is 144 Å². The van der Waals surface area contributed by atoms with Crippen LogP contribution in [-0.2, 0) is 10.0 Å². The summed E-state index contributed by atoms with van der Waals surface area (Å²) in [5.41, 5.74) is 0.907. The van der Waals surface area contributed by atoms with E-state index in [1.54, 1.807) is 36.8 Å². The van der Waals surface area contributed by atoms with E-state index >= 15 is 0 Å². The number of anilines is 1. The number of hydrogen-bond donors (Lipinski definition) is 0. The normalized spacial score (nSPS) is 16.5. The molecular formula is C15H17BrN4O2S. The number of halogens is 1. The zero-order valence-electron chi connectivity index (χ0n) is 12.7. The smallest absolute Gasteiger partial charge is 0.243 e. The van der Waals surface area contributed by atoms with Crippen molar-refractivity contribution >= 4 is 31.8 Å². The van der Waals surface area contributed by atoms with Gasteiger partial charge in [-0.15, -0.1) is 0 Å². The molecule has 0 saturated carbocycles. The van der Waals surface area contributed by atoms with Gasteiger partial charge in [0.2, 0.25) is 10.0 Å². The molecule has 1 aliphatic heterocycles. The molecule has 0 N–H and O–H groups in total. The SMILES string of the molecule is Cc1cc(S(=O)(=O)N2CCN(c3cnccn3)CC2)ccc1Br. The van der Waals surface area contributed by atoms with E-state index in [-0.39, 0.29) is 0 Å². The molecule has 2 aromatic rings. The third-order valence-electron chi connectivity index (χ3n) is 3.88. The van der Waals surface area contributed by atoms with Crippen LogP contribution in [0.5, 0.6) is 0 Å². The van der Waals surface area contributed by atoms with Crippen molar-refractivity contribution in [3.63, 3.8) is 0 Å². The molecule has 0 bridgehead atoms. The molecule has 3 rings (SSSR count). The minimum atomic E-state index is -3.46. The Hall–Kier alpha value is -1.51. The van der Waals surface area contributed by atoms with Crippen molar-refractivity contribution in [1.29, 1.82) is 0 Å². The fourth-order valence-corrected chi connectivity index (χ4v) is 4.29. The Balaban J connectivity index is 1.75. The van der Waals surface area contributed by atoms with E-state index in [4.69, 9.17) is 0 Å². The number of hydrogen-bond acceptors (Lipinski definition) is 5. The molecule has 1 saturated heterocycles. The highest BCUT2D eigenvalue weighted by atomic mass is 79.9. The van der Waals surface area contributed by atoms with Crippen LogP contribution in [-0.4, -0.2) is 48.9 Å². The van der Waals surface area contributed by atoms with Crippen molar-refractivity contribution < 1.29 is 8.42 Å². The molecule has 6 nitrogen and oxygen atoms in total. The van der Waals surface area contributed by atoms with Crippen molar-refractivity contribution in [3.05, 3.63) is 46.8 Å². The summed E-state index contributed by atoms with van der Waals surface area (Å²) in [5, 5.41) is 0. The molecule has 1 aliphatic rings. The highest BCUT2D eigenvalue weighted by Crippen LogP contribution is 2.24. The van der Waals surface area contributed by atoms with Crippen LogP contribution in [0, 0.1) is 6.92 Å². The van der Waals surface area contributed by atoms with Crippen molar-refractivity contribution in [2.45, 2.75) is 11.8 Å². The average molecular weight is 397 g/mol. The summed E-state index contributed by atoms with van der Waals surface area (Å²) >= 11 is 3.40. The minimum absolute atomic E-state index is 0.339. The first-order valence-corrected chi connectivity index (χ1v) is 9.49. The Morgan fingerprint density at radius 1 is 1.13 bits per heavy atom. The van der Waals surface area contributed by atoms with Gasteiger partial charge in [-0.1, -0.05) is 15.9 Å². The van der Waals surface area contributed by atoms with E-state index < -0.39 is 10.0 Å². The van der Waals surface area contributed by atoms with Crippen LogP contribution in [0.15, 0.2) is 46.2 Å². The van der Waals surface area contributed by atoms with Gasteiger partial charge < -0.3 is 4.90 Å². The number of rotatable bonds is 3. The van der Waals surface area contributed by atoms with Crippen LogP contribution in [0.2, 0.25) is 0 Å². The Morgan fingerprint density at radius 3 is 2.48 bits per heavy atom. The van der Waals surface area contributed by atoms with Crippen molar-refractivity contribution in [2.24, 2.45) is 0 Å². The molecule has 0 amide bonds. The van der Waals surface area contributed by atoms with E-state index in [2.05, 4.69) is 25.9 Å². The lowest BCUT2D eigenvalue weighted by atomic mass is 10.2. The van der Waals surface area contributed by atoms with Gasteiger partial charge in [-0.25, -0.2) is 13.4 Å². The van der Waals surface area contributed by atoms with E-state index in [1.807, 2.05) is 11.8 Å². The fraction of sp³-hybridized carbons (Fsp3) is 0.333. The largest absolute Gasteiger partial charge is 0.353 e. The molecule has 122 valence electrons. The third-order valence-corrected chi connectivity index (χ3v) is 6.66. The highest BCUT2D eigenvalue weighted by Gasteiger charge is 2.29. The molecule has 0 atom stereocenters. The molecule has 1 aromatic carbocycles. The molecular weight excluding hydrogens is 380 g/mol. The number of piperazine rings is 1. The quantitative estimate of drug-likeness (QED) is 0.793. The topological polar surface area (TPSA) is 66.4 Å². The van der Waals surface area contributed by atoms with Crippen LogP contribution in [0.3, 0.4) is 0 Å². The molecule has 23 heavy (non-hydrogen) atoms. The number of aromatic nitrogens is 2. The first-order valence-electron chi connectivity index (χ1n) is 7.26. The number of nitrogens with zero attached hydrogens (tertiary/aromatic N) is 4. The second-order valence-electron chi connectivity index (χ2n) is 5.37. The Morgan fingerprint density at radius 2 is 1.87 bits per heavy atom. The first kappa shape index (κ1) is 16.4. The van der Waals surface area contributed by atoms with E-state index in [9.17, 15) is 8.42 Å². The van der Waals surface area contributed by atoms with Gasteiger partial charge in [0.05, 0.1) is 11.1 Å². The molecule has 1 aromatic heterocycles. The van der Waals surface area contributed by atoms with Gasteiger partial charge in [-0.2, -0.15) is 4.31 Å². The standard InChI is InChI=1S/C15H17BrN4O2S/c1-12-10-13(2-3-14(12)16)23(21,22)20-8-6-19(7-9-20)15-11-17-4-5-18-15/h2-5,10-11H,6-9H2,1H3. The maximum absolute atomic E-state index is 12.8. The maximum atomic E-state index is 12.8. The molecule has 8 heteroatoms. The second kappa shape index (κ2) is 6.54. The van der Waals surface area contributed by atoms with Gasteiger partial charge in [0.25, 0.3) is 0 Å². The summed E-state index contributed by atoms with van der Waals surface area (Å²) in [4.78, 5) is 10.7. The summed E-state index contributed by atoms with van der Waals surface area (Å²) in [6, 6.07) is 5.12. The maximum Gasteiger partial charge on any atom is 0.243 e. The average Bonchev–Trinajstić information content (AvgIpc) is 2.58. The summed E-state index contributed by atoms with van der Waals surface area (Å²) in [6.45, 7) is 3.97. The summed E-state index contributed by atoms with van der Waals surface area (Å²) in [6.07, 6.45) is 4.96. The monoisotopic (exact) mass is 396 g/mol. The molecule has 0 radical (unpaired) electrons. The van der Waals surface area contributed by atoms with Gasteiger partial charge in [0.15, 0.2) is 0 Å². The summed E-state index contributed by atoms with van der Waals surface area (Å²) in [7, 11) is -3.46. The predicted octanol–water partition coefficient (Wildman–Crippen LogP) is 2.06. The number of aryl methyl sites for hydroxylation is 1. The lowest BCUT2D eigenvalue weighted by Gasteiger charge is -2.34. The fourth-order valence-electron chi connectivity index (χ4n) is 2.54. The lowest BCUT2D eigenvalue weighted by molar-refractivity contribution is 0.383. The van der Waals surface area contributed by atoms with Gasteiger partial charge in [-0.3, -0.25) is 4.98 Å². The molecule has 0 aliphatic carbocycles. The molecule has 0 unspecified atom stereocenters. The predicted molar refractivity (Wildman–Crippen MR) is 91.9 cm³/mol. The molecule has 2 heterocycles. The van der Waals surface area contributed by atoms with Crippen molar-refractivity contribution in [2.75, 3.05) is 31.1 Å². The van der Waals surface area contributed by atoms with Gasteiger partial charge in [0, 0.05) is 43.0 Å². The van der Waals surface area contributed by atoms with Crippen LogP contribution in [0.1, 0.15) is 5.56 Å². The minimum Gasteiger partial charge on any atom is -0.353 e. The zero-order chi connectivity index (χ0) is 16.4. The highest BCUT2D eigenvalue weighted by molar-refractivity contribution is 9.10. The van der Waals surface area contributed by atoms with Gasteiger partial charge in [0.1, 0.15) is 5.82 Å². The number of benzene rings is 1. The summed E-state index contributed by atoms with van der Waals surface area (Å²) in [5.74, 6) is 0.782. The Kier molecular flexibility index (Phi) is 4.65. The number of sulfonamides is 1. The lowest BCUT2D eigenvalue weighted by Crippen LogP contribution is -2.48. The van der Waals surface area contributed by atoms with Crippen molar-refractivity contribution in [3.8, 4) is 0 Å². The molecule has 0 spiro atoms. The van der Waals surface area contributed by atoms with Crippen LogP contribution in [0.4, 0.5) is 5.82 Å². The van der Waals surface area contributed by atoms with Crippen LogP contribution < -0.4 is 4.90 Å².